The van der Waals surface area contributed by atoms with Crippen LogP contribution in [-0.4, -0.2) is 108 Å². The molecule has 3 unspecified atom stereocenters. The van der Waals surface area contributed by atoms with Gasteiger partial charge in [0.25, 0.3) is 47.3 Å². The van der Waals surface area contributed by atoms with Gasteiger partial charge in [-0.2, -0.15) is 0 Å². The second-order valence-electron chi connectivity index (χ2n) is 32.1. The van der Waals surface area contributed by atoms with Gasteiger partial charge in [-0.3, -0.25) is 43.3 Å². The molecule has 0 spiro atoms. The van der Waals surface area contributed by atoms with E-state index < -0.39 is 58.1 Å². The summed E-state index contributed by atoms with van der Waals surface area (Å²) in [6, 6.07) is 86.0. The Kier molecular flexibility index (Phi) is 28.8. The second-order valence-corrected chi connectivity index (χ2v) is 32.6. The number of hydrogen-bond donors (Lipinski definition) is 12. The molecule has 8 amide bonds. The molecule has 25 nitrogen and oxygen atoms in total. The van der Waals surface area contributed by atoms with E-state index in [2.05, 4.69) is 77.8 Å². The first-order chi connectivity index (χ1) is 68.8. The molecule has 17 aromatic rings. The summed E-state index contributed by atoms with van der Waals surface area (Å²) >= 11 is 5.88. The van der Waals surface area contributed by atoms with E-state index in [0.29, 0.717) is 107 Å². The number of methoxy groups -OCH3 is 1. The molecular weight excluding hydrogens is 1850 g/mol. The number of carbonyl (C=O) groups excluding carboxylic acids is 8. The highest BCUT2D eigenvalue weighted by molar-refractivity contribution is 6.30. The van der Waals surface area contributed by atoms with Crippen molar-refractivity contribution in [3.8, 4) is 39.9 Å². The molecule has 3 aromatic heterocycles. The van der Waals surface area contributed by atoms with Crippen molar-refractivity contribution in [2.45, 2.75) is 24.5 Å². The van der Waals surface area contributed by atoms with Crippen molar-refractivity contribution in [1.82, 2.24) is 40.5 Å². The van der Waals surface area contributed by atoms with Crippen LogP contribution in [0, 0.1) is 40.7 Å². The number of anilines is 7. The third kappa shape index (κ3) is 23.2. The number of aromatic amines is 3. The van der Waals surface area contributed by atoms with Gasteiger partial charge in [-0.15, -0.1) is 0 Å². The molecule has 20 rings (SSSR count). The monoisotopic (exact) mass is 1920 g/mol. The number of carbonyl (C=O) groups is 8. The molecular formula is C109H78ClF7N16O9. The Morgan fingerprint density at radius 1 is 0.352 bits per heavy atom. The Balaban J connectivity index is 0.000000130. The fraction of sp³-hybridized carbons (Fsp3) is 0.0459. The van der Waals surface area contributed by atoms with Gasteiger partial charge < -0.3 is 67.5 Å². The van der Waals surface area contributed by atoms with Crippen molar-refractivity contribution in [3.63, 3.8) is 0 Å². The number of amides is 8. The zero-order chi connectivity index (χ0) is 99.0. The van der Waals surface area contributed by atoms with Gasteiger partial charge in [0.2, 0.25) is 5.82 Å². The summed E-state index contributed by atoms with van der Waals surface area (Å²) < 4.78 is 99.2. The van der Waals surface area contributed by atoms with E-state index in [1.807, 2.05) is 176 Å². The lowest BCUT2D eigenvalue weighted by molar-refractivity contribution is -0.112. The van der Waals surface area contributed by atoms with Gasteiger partial charge in [0, 0.05) is 106 Å². The fourth-order valence-corrected chi connectivity index (χ4v) is 15.1. The topological polar surface area (TPSA) is 352 Å². The van der Waals surface area contributed by atoms with Crippen LogP contribution in [0.15, 0.2) is 362 Å². The highest BCUT2D eigenvalue weighted by atomic mass is 35.5. The molecule has 0 fully saturated rings. The SMILES string of the molecule is COc1ccc(C(=O)Nc2ccc(-c3nc4ccc(C(=O)NC5C=CC=CC5)cc4[nH]3)cc2)cc1.O=C(Nc1ccc(-c2nc3ccc(C(=O)Nc4ccccc4)cc3[nH]2)cc1)c1ccc(F)cc1.O=C(Nc1ccc(F)cc1)c1ccc2nc(-c3ccc(NC(=O)c4c(F)c(F)c(F)c(F)c4F)cc3)[nH]c2c1.O=C(Nc1ccccc1)C1=CC2NC(c3ccc(NC(=O)c4ccc(Cl)cc4)cc3)=NC2C=C1. The van der Waals surface area contributed by atoms with Gasteiger partial charge in [-0.1, -0.05) is 84.5 Å². The quantitative estimate of drug-likeness (QED) is 0.0181. The normalized spacial score (nSPS) is 13.6. The molecule has 4 heterocycles. The van der Waals surface area contributed by atoms with Crippen LogP contribution in [0.4, 0.5) is 70.5 Å². The van der Waals surface area contributed by atoms with Crippen LogP contribution in [0.1, 0.15) is 84.5 Å². The van der Waals surface area contributed by atoms with Crippen LogP contribution in [0.25, 0.3) is 67.3 Å². The maximum absolute atomic E-state index is 13.9. The Morgan fingerprint density at radius 3 is 1.11 bits per heavy atom. The number of halogens is 8. The third-order valence-corrected chi connectivity index (χ3v) is 22.7. The van der Waals surface area contributed by atoms with Gasteiger partial charge in [-0.25, -0.2) is 45.7 Å². The minimum absolute atomic E-state index is 0.00394. The average molecular weight is 1920 g/mol. The number of fused-ring (bicyclic) bond motifs is 4. The summed E-state index contributed by atoms with van der Waals surface area (Å²) in [5.41, 5.74) is 12.9. The number of hydrogen-bond acceptors (Lipinski definition) is 14. The van der Waals surface area contributed by atoms with Gasteiger partial charge in [0.15, 0.2) is 23.3 Å². The standard InChI is InChI=1S/C28H24N4O3.C27H21ClN4O2.C27H14F6N4O2.C27H19FN4O2/c1-35-23-14-9-19(10-15-23)27(33)30-22-12-7-18(8-13-22)26-31-24-16-11-20(17-25(24)32-26)28(34)29-21-5-3-2-4-6-21;28-20-11-6-18(7-12-20)26(33)30-22-13-8-17(9-14-22)25-31-23-15-10-19(16-24(23)32-25)27(34)29-21-4-2-1-3-5-21;28-14-4-8-16(9-5-14)34-26(38)13-3-10-17-18(11-13)37-25(36-17)12-1-6-15(7-2-12)35-27(39)19-20(29)22(31)24(33)23(32)21(19)30;28-20-11-6-18(7-12-20)26(33)30-22-13-8-17(9-14-22)25-31-23-15-10-19(16-24(23)32-25)27(34)29-21-4-2-1-3-5-21/h2-5,7-17,21H,6H2,1H3,(H,29,34)(H,30,33)(H,31,32);1-16,23-24H,(H,29,34)(H,30,33)(H,31,32);1-11H,(H,34,38)(H,35,39)(H,36,37);1-16H,(H,29,34)(H,30,33)(H,31,32). The lowest BCUT2D eigenvalue weighted by Gasteiger charge is -2.18. The van der Waals surface area contributed by atoms with Crippen molar-refractivity contribution in [3.05, 3.63) is 448 Å². The minimum Gasteiger partial charge on any atom is -0.497 e. The molecule has 2 aliphatic carbocycles. The highest BCUT2D eigenvalue weighted by Gasteiger charge is 2.32. The number of nitrogens with one attached hydrogen (secondary N) is 12. The molecule has 33 heteroatoms. The number of aromatic nitrogens is 6. The van der Waals surface area contributed by atoms with E-state index in [9.17, 15) is 69.1 Å². The van der Waals surface area contributed by atoms with E-state index >= 15 is 0 Å². The number of aliphatic imine (C=N–C) groups is 1. The lowest BCUT2D eigenvalue weighted by Crippen LogP contribution is -2.35. The van der Waals surface area contributed by atoms with Crippen LogP contribution in [0.5, 0.6) is 5.75 Å². The molecule has 0 saturated carbocycles. The number of ether oxygens (including phenoxy) is 1. The number of imidazole rings is 3. The van der Waals surface area contributed by atoms with Crippen LogP contribution in [0.3, 0.4) is 0 Å². The number of para-hydroxylation sites is 2. The predicted molar refractivity (Wildman–Crippen MR) is 532 cm³/mol. The molecule has 3 atom stereocenters. The first kappa shape index (κ1) is 95.0. The van der Waals surface area contributed by atoms with E-state index in [1.165, 1.54) is 72.8 Å². The van der Waals surface area contributed by atoms with Gasteiger partial charge in [0.1, 0.15) is 46.3 Å². The molecule has 142 heavy (non-hydrogen) atoms. The van der Waals surface area contributed by atoms with Crippen molar-refractivity contribution in [1.29, 1.82) is 0 Å². The molecule has 14 aromatic carbocycles. The molecule has 0 radical (unpaired) electrons. The Labute approximate surface area is 808 Å². The van der Waals surface area contributed by atoms with Crippen molar-refractivity contribution >= 4 is 138 Å². The Hall–Kier alpha value is -18.7. The smallest absolute Gasteiger partial charge is 0.261 e. The van der Waals surface area contributed by atoms with Crippen molar-refractivity contribution in [2.75, 3.05) is 44.3 Å². The van der Waals surface area contributed by atoms with Crippen LogP contribution < -0.4 is 52.6 Å². The summed E-state index contributed by atoms with van der Waals surface area (Å²) in [5.74, 6) is -12.1. The number of amidine groups is 1. The summed E-state index contributed by atoms with van der Waals surface area (Å²) in [6.45, 7) is 0. The number of benzene rings is 14. The Bertz CT molecular complexity index is 7800. The van der Waals surface area contributed by atoms with Gasteiger partial charge in [-0.05, 0) is 285 Å². The minimum atomic E-state index is -2.36. The first-order valence-corrected chi connectivity index (χ1v) is 44.2. The summed E-state index contributed by atoms with van der Waals surface area (Å²) in [6.07, 6.45) is 14.4. The molecule has 12 N–H and O–H groups in total. The molecule has 3 aliphatic rings. The number of rotatable bonds is 21. The van der Waals surface area contributed by atoms with Crippen molar-refractivity contribution in [2.24, 2.45) is 4.99 Å². The Morgan fingerprint density at radius 2 is 0.697 bits per heavy atom. The maximum Gasteiger partial charge on any atom is 0.261 e. The van der Waals surface area contributed by atoms with Crippen molar-refractivity contribution < 1.29 is 73.8 Å². The number of nitrogens with zero attached hydrogens (tertiary/aromatic N) is 4. The fourth-order valence-electron chi connectivity index (χ4n) is 15.0. The van der Waals surface area contributed by atoms with Gasteiger partial charge >= 0.3 is 0 Å². The third-order valence-electron chi connectivity index (χ3n) is 22.4. The van der Waals surface area contributed by atoms with E-state index in [1.54, 1.807) is 110 Å². The summed E-state index contributed by atoms with van der Waals surface area (Å²) in [5, 5.41) is 26.1. The van der Waals surface area contributed by atoms with Crippen LogP contribution >= 0.6 is 11.6 Å². The van der Waals surface area contributed by atoms with E-state index in [0.717, 1.165) is 62.4 Å². The predicted octanol–water partition coefficient (Wildman–Crippen LogP) is 22.4. The summed E-state index contributed by atoms with van der Waals surface area (Å²) in [4.78, 5) is 128. The van der Waals surface area contributed by atoms with Gasteiger partial charge in [0.05, 0.1) is 58.3 Å². The highest BCUT2D eigenvalue weighted by Crippen LogP contribution is 2.32. The average Bonchev–Trinajstić information content (AvgIpc) is 1.40. The number of allylic oxidation sites excluding steroid dienone is 2. The first-order valence-electron chi connectivity index (χ1n) is 43.8. The zero-order valence-electron chi connectivity index (χ0n) is 74.4. The molecule has 0 saturated heterocycles. The van der Waals surface area contributed by atoms with E-state index in [-0.39, 0.29) is 59.3 Å². The largest absolute Gasteiger partial charge is 0.497 e. The van der Waals surface area contributed by atoms with Crippen LogP contribution in [0.2, 0.25) is 5.02 Å². The van der Waals surface area contributed by atoms with E-state index in [4.69, 9.17) is 21.3 Å². The second kappa shape index (κ2) is 43.1. The summed E-state index contributed by atoms with van der Waals surface area (Å²) in [7, 11) is 1.59. The lowest BCUT2D eigenvalue weighted by atomic mass is 9.99. The zero-order valence-corrected chi connectivity index (χ0v) is 75.2. The number of H-pyrrole nitrogens is 3. The maximum atomic E-state index is 13.9. The molecule has 704 valence electrons. The van der Waals surface area contributed by atoms with Crippen LogP contribution in [-0.2, 0) is 4.79 Å². The molecule has 0 bridgehead atoms. The molecule has 1 aliphatic heterocycles.